The zero-order valence-electron chi connectivity index (χ0n) is 14.7. The maximum atomic E-state index is 12.7. The summed E-state index contributed by atoms with van der Waals surface area (Å²) in [5.41, 5.74) is 1.77. The van der Waals surface area contributed by atoms with Gasteiger partial charge in [-0.15, -0.1) is 0 Å². The molecule has 2 bridgehead atoms. The fourth-order valence-electron chi connectivity index (χ4n) is 4.29. The molecular formula is C19H24N4O2. The molecule has 0 spiro atoms. The second-order valence-electron chi connectivity index (χ2n) is 7.50. The van der Waals surface area contributed by atoms with Crippen LogP contribution in [0.1, 0.15) is 56.7 Å². The van der Waals surface area contributed by atoms with Crippen LogP contribution in [0.25, 0.3) is 11.4 Å². The first-order valence-corrected chi connectivity index (χ1v) is 9.17. The van der Waals surface area contributed by atoms with Gasteiger partial charge in [0.05, 0.1) is 0 Å². The monoisotopic (exact) mass is 340 g/mol. The van der Waals surface area contributed by atoms with Crippen molar-refractivity contribution in [2.75, 3.05) is 0 Å². The zero-order valence-corrected chi connectivity index (χ0v) is 14.7. The number of aryl methyl sites for hydroxylation is 1. The fourth-order valence-corrected chi connectivity index (χ4v) is 4.29. The summed E-state index contributed by atoms with van der Waals surface area (Å²) < 4.78 is 5.37. The molecule has 0 aliphatic heterocycles. The predicted octanol–water partition coefficient (Wildman–Crippen LogP) is 3.44. The lowest BCUT2D eigenvalue weighted by molar-refractivity contribution is -0.131. The molecular weight excluding hydrogens is 316 g/mol. The van der Waals surface area contributed by atoms with E-state index in [1.165, 1.54) is 25.7 Å². The maximum Gasteiger partial charge on any atom is 0.249 e. The van der Waals surface area contributed by atoms with E-state index in [1.54, 1.807) is 6.20 Å². The Morgan fingerprint density at radius 2 is 2.12 bits per heavy atom. The minimum atomic E-state index is -0.280. The molecule has 3 aliphatic rings. The van der Waals surface area contributed by atoms with E-state index in [0.29, 0.717) is 17.6 Å². The van der Waals surface area contributed by atoms with Crippen molar-refractivity contribution >= 4 is 5.91 Å². The third kappa shape index (κ3) is 3.30. The van der Waals surface area contributed by atoms with E-state index in [2.05, 4.69) is 20.4 Å². The van der Waals surface area contributed by atoms with Gasteiger partial charge in [-0.2, -0.15) is 4.98 Å². The number of carbonyl (C=O) groups excluding carboxylic acids is 1. The summed E-state index contributed by atoms with van der Waals surface area (Å²) in [7, 11) is 0. The summed E-state index contributed by atoms with van der Waals surface area (Å²) >= 11 is 0. The highest BCUT2D eigenvalue weighted by Crippen LogP contribution is 2.45. The smallest absolute Gasteiger partial charge is 0.249 e. The Labute approximate surface area is 147 Å². The van der Waals surface area contributed by atoms with Gasteiger partial charge in [-0.3, -0.25) is 9.78 Å². The van der Waals surface area contributed by atoms with Crippen LogP contribution in [0, 0.1) is 24.7 Å². The average molecular weight is 340 g/mol. The molecule has 25 heavy (non-hydrogen) atoms. The van der Waals surface area contributed by atoms with Crippen molar-refractivity contribution in [3.8, 4) is 11.4 Å². The summed E-state index contributed by atoms with van der Waals surface area (Å²) in [6.07, 6.45) is 7.75. The van der Waals surface area contributed by atoms with Crippen LogP contribution in [0.15, 0.2) is 22.9 Å². The maximum absolute atomic E-state index is 12.7. The molecule has 5 rings (SSSR count). The molecule has 1 N–H and O–H groups in total. The van der Waals surface area contributed by atoms with E-state index in [1.807, 2.05) is 26.0 Å². The topological polar surface area (TPSA) is 80.9 Å². The van der Waals surface area contributed by atoms with Crippen LogP contribution in [0.2, 0.25) is 0 Å². The summed E-state index contributed by atoms with van der Waals surface area (Å²) in [6, 6.07) is 3.48. The van der Waals surface area contributed by atoms with E-state index < -0.39 is 0 Å². The van der Waals surface area contributed by atoms with Gasteiger partial charge in [-0.1, -0.05) is 18.0 Å². The molecule has 2 aromatic heterocycles. The Kier molecular flexibility index (Phi) is 4.27. The molecule has 132 valence electrons. The second kappa shape index (κ2) is 6.58. The summed E-state index contributed by atoms with van der Waals surface area (Å²) in [6.45, 7) is 3.82. The number of hydrogen-bond donors (Lipinski definition) is 1. The molecule has 6 heteroatoms. The molecule has 2 heterocycles. The lowest BCUT2D eigenvalue weighted by Gasteiger charge is -2.41. The number of aromatic nitrogens is 3. The number of rotatable bonds is 4. The molecule has 2 aromatic rings. The minimum Gasteiger partial charge on any atom is -0.344 e. The van der Waals surface area contributed by atoms with Crippen LogP contribution < -0.4 is 5.32 Å². The van der Waals surface area contributed by atoms with Crippen molar-refractivity contribution in [3.63, 3.8) is 0 Å². The van der Waals surface area contributed by atoms with Gasteiger partial charge < -0.3 is 9.84 Å². The molecule has 3 fully saturated rings. The highest BCUT2D eigenvalue weighted by molar-refractivity contribution is 5.79. The molecule has 3 saturated carbocycles. The average Bonchev–Trinajstić information content (AvgIpc) is 3.13. The third-order valence-corrected chi connectivity index (χ3v) is 5.71. The molecule has 0 radical (unpaired) electrons. The highest BCUT2D eigenvalue weighted by atomic mass is 16.5. The Balaban J connectivity index is 1.43. The number of hydrogen-bond acceptors (Lipinski definition) is 5. The van der Waals surface area contributed by atoms with Crippen molar-refractivity contribution < 1.29 is 9.32 Å². The SMILES string of the molecule is Cc1cc(-c2noc([C@H](C)NC(=O)C3CC4CCC3CC4)n2)ccn1. The van der Waals surface area contributed by atoms with Crippen molar-refractivity contribution in [1.29, 1.82) is 0 Å². The van der Waals surface area contributed by atoms with Crippen LogP contribution in [0.3, 0.4) is 0 Å². The van der Waals surface area contributed by atoms with Gasteiger partial charge in [-0.05, 0) is 57.1 Å². The molecule has 6 nitrogen and oxygen atoms in total. The molecule has 1 unspecified atom stereocenters. The highest BCUT2D eigenvalue weighted by Gasteiger charge is 2.39. The third-order valence-electron chi connectivity index (χ3n) is 5.71. The number of nitrogens with one attached hydrogen (secondary N) is 1. The standard InChI is InChI=1S/C19H24N4O2/c1-11-9-15(7-8-20-11)17-22-19(25-23-17)12(2)21-18(24)16-10-13-3-5-14(16)6-4-13/h7-9,12-14,16H,3-6,10H2,1-2H3,(H,21,24)/t12-,13?,14?,16?/m0/s1. The molecule has 2 atom stereocenters. The first-order chi connectivity index (χ1) is 12.1. The Morgan fingerprint density at radius 3 is 2.80 bits per heavy atom. The zero-order chi connectivity index (χ0) is 17.4. The van der Waals surface area contributed by atoms with Crippen molar-refractivity contribution in [1.82, 2.24) is 20.4 Å². The van der Waals surface area contributed by atoms with E-state index in [0.717, 1.165) is 23.6 Å². The Hall–Kier alpha value is -2.24. The lowest BCUT2D eigenvalue weighted by Crippen LogP contribution is -2.42. The van der Waals surface area contributed by atoms with Crippen LogP contribution in [-0.4, -0.2) is 21.0 Å². The van der Waals surface area contributed by atoms with Crippen LogP contribution in [-0.2, 0) is 4.79 Å². The van der Waals surface area contributed by atoms with E-state index in [4.69, 9.17) is 4.52 Å². The van der Waals surface area contributed by atoms with Crippen molar-refractivity contribution in [2.24, 2.45) is 17.8 Å². The van der Waals surface area contributed by atoms with E-state index in [-0.39, 0.29) is 17.9 Å². The van der Waals surface area contributed by atoms with Crippen molar-refractivity contribution in [3.05, 3.63) is 29.9 Å². The van der Waals surface area contributed by atoms with Gasteiger partial charge >= 0.3 is 0 Å². The number of nitrogens with zero attached hydrogens (tertiary/aromatic N) is 3. The summed E-state index contributed by atoms with van der Waals surface area (Å²) in [5.74, 6) is 2.55. The van der Waals surface area contributed by atoms with Gasteiger partial charge in [-0.25, -0.2) is 0 Å². The minimum absolute atomic E-state index is 0.140. The van der Waals surface area contributed by atoms with Crippen molar-refractivity contribution in [2.45, 2.75) is 52.0 Å². The number of fused-ring (bicyclic) bond motifs is 3. The molecule has 0 aromatic carbocycles. The summed E-state index contributed by atoms with van der Waals surface area (Å²) in [4.78, 5) is 21.3. The predicted molar refractivity (Wildman–Crippen MR) is 92.4 cm³/mol. The normalized spacial score (nSPS) is 26.4. The first-order valence-electron chi connectivity index (χ1n) is 9.17. The number of carbonyl (C=O) groups is 1. The fraction of sp³-hybridized carbons (Fsp3) is 0.579. The lowest BCUT2D eigenvalue weighted by atomic mass is 9.64. The van der Waals surface area contributed by atoms with Gasteiger partial charge in [0.25, 0.3) is 0 Å². The second-order valence-corrected chi connectivity index (χ2v) is 7.50. The van der Waals surface area contributed by atoms with Crippen LogP contribution in [0.5, 0.6) is 0 Å². The first kappa shape index (κ1) is 16.2. The number of amides is 1. The van der Waals surface area contributed by atoms with Crippen LogP contribution >= 0.6 is 0 Å². The summed E-state index contributed by atoms with van der Waals surface area (Å²) in [5, 5.41) is 7.12. The van der Waals surface area contributed by atoms with E-state index >= 15 is 0 Å². The van der Waals surface area contributed by atoms with Gasteiger partial charge in [0, 0.05) is 23.4 Å². The van der Waals surface area contributed by atoms with Gasteiger partial charge in [0.2, 0.25) is 17.6 Å². The Morgan fingerprint density at radius 1 is 1.32 bits per heavy atom. The largest absolute Gasteiger partial charge is 0.344 e. The Bertz CT molecular complexity index is 764. The number of pyridine rings is 1. The van der Waals surface area contributed by atoms with Gasteiger partial charge in [0.1, 0.15) is 6.04 Å². The quantitative estimate of drug-likeness (QED) is 0.922. The molecule has 1 amide bonds. The van der Waals surface area contributed by atoms with E-state index in [9.17, 15) is 4.79 Å². The van der Waals surface area contributed by atoms with Gasteiger partial charge in [0.15, 0.2) is 0 Å². The molecule has 3 aliphatic carbocycles. The van der Waals surface area contributed by atoms with Crippen LogP contribution in [0.4, 0.5) is 0 Å². The molecule has 0 saturated heterocycles.